The average molecular weight is 280 g/mol. The van der Waals surface area contributed by atoms with Crippen LogP contribution in [0.5, 0.6) is 0 Å². The van der Waals surface area contributed by atoms with Crippen LogP contribution in [0.4, 0.5) is 0 Å². The summed E-state index contributed by atoms with van der Waals surface area (Å²) in [5.41, 5.74) is 7.13. The van der Waals surface area contributed by atoms with E-state index in [1.165, 1.54) is 5.56 Å². The van der Waals surface area contributed by atoms with E-state index in [1.54, 1.807) is 11.8 Å². The number of amides is 1. The van der Waals surface area contributed by atoms with Gasteiger partial charge < -0.3 is 11.1 Å². The Morgan fingerprint density at radius 1 is 1.32 bits per heavy atom. The fraction of sp³-hybridized carbons (Fsp3) is 0.533. The van der Waals surface area contributed by atoms with Crippen LogP contribution in [0.15, 0.2) is 30.3 Å². The molecule has 3 N–H and O–H groups in total. The fourth-order valence-corrected chi connectivity index (χ4v) is 2.32. The van der Waals surface area contributed by atoms with E-state index in [-0.39, 0.29) is 18.0 Å². The Morgan fingerprint density at radius 2 is 2.00 bits per heavy atom. The maximum Gasteiger partial charge on any atom is 0.237 e. The summed E-state index contributed by atoms with van der Waals surface area (Å²) in [7, 11) is 0. The standard InChI is InChI=1S/C15H24N2OS/c1-12(8-9-13-6-4-3-5-7-13)17-15(18)14(16)10-11-19-2/h3-7,12,14H,8-11,16H2,1-2H3,(H,17,18)/t12?,14-/m1/s1. The molecule has 0 radical (unpaired) electrons. The number of hydrogen-bond acceptors (Lipinski definition) is 3. The van der Waals surface area contributed by atoms with E-state index in [0.29, 0.717) is 0 Å². The van der Waals surface area contributed by atoms with Crippen molar-refractivity contribution in [2.45, 2.75) is 38.3 Å². The van der Waals surface area contributed by atoms with Crippen LogP contribution in [0.1, 0.15) is 25.3 Å². The van der Waals surface area contributed by atoms with Crippen molar-refractivity contribution >= 4 is 17.7 Å². The predicted molar refractivity (Wildman–Crippen MR) is 83.3 cm³/mol. The summed E-state index contributed by atoms with van der Waals surface area (Å²) in [6, 6.07) is 10.1. The number of benzene rings is 1. The number of rotatable bonds is 8. The van der Waals surface area contributed by atoms with Crippen LogP contribution in [0.2, 0.25) is 0 Å². The lowest BCUT2D eigenvalue weighted by atomic mass is 10.1. The minimum absolute atomic E-state index is 0.0328. The Hall–Kier alpha value is -1.00. The first-order valence-electron chi connectivity index (χ1n) is 6.72. The quantitative estimate of drug-likeness (QED) is 0.767. The maximum atomic E-state index is 11.8. The topological polar surface area (TPSA) is 55.1 Å². The zero-order valence-electron chi connectivity index (χ0n) is 11.8. The Kier molecular flexibility index (Phi) is 7.60. The molecular formula is C15H24N2OS. The minimum Gasteiger partial charge on any atom is -0.352 e. The Balaban J connectivity index is 2.26. The number of carbonyl (C=O) groups excluding carboxylic acids is 1. The van der Waals surface area contributed by atoms with E-state index in [2.05, 4.69) is 17.4 Å². The summed E-state index contributed by atoms with van der Waals surface area (Å²) in [6.07, 6.45) is 4.67. The van der Waals surface area contributed by atoms with E-state index in [0.717, 1.165) is 25.0 Å². The zero-order chi connectivity index (χ0) is 14.1. The van der Waals surface area contributed by atoms with E-state index >= 15 is 0 Å². The molecule has 1 amide bonds. The van der Waals surface area contributed by atoms with Gasteiger partial charge in [0.2, 0.25) is 5.91 Å². The highest BCUT2D eigenvalue weighted by Gasteiger charge is 2.15. The molecule has 4 heteroatoms. The number of nitrogens with two attached hydrogens (primary N) is 1. The van der Waals surface area contributed by atoms with Crippen molar-refractivity contribution in [3.8, 4) is 0 Å². The van der Waals surface area contributed by atoms with Crippen LogP contribution in [-0.2, 0) is 11.2 Å². The lowest BCUT2D eigenvalue weighted by Gasteiger charge is -2.17. The highest BCUT2D eigenvalue weighted by Crippen LogP contribution is 2.05. The largest absolute Gasteiger partial charge is 0.352 e. The van der Waals surface area contributed by atoms with Gasteiger partial charge >= 0.3 is 0 Å². The predicted octanol–water partition coefficient (Wildman–Crippen LogP) is 2.20. The molecule has 0 bridgehead atoms. The van der Waals surface area contributed by atoms with Gasteiger partial charge in [-0.05, 0) is 43.8 Å². The molecule has 3 nitrogen and oxygen atoms in total. The van der Waals surface area contributed by atoms with Gasteiger partial charge in [-0.3, -0.25) is 4.79 Å². The summed E-state index contributed by atoms with van der Waals surface area (Å²) in [6.45, 7) is 2.03. The molecule has 106 valence electrons. The average Bonchev–Trinajstić information content (AvgIpc) is 2.43. The molecule has 0 fully saturated rings. The smallest absolute Gasteiger partial charge is 0.237 e. The van der Waals surface area contributed by atoms with Gasteiger partial charge in [0, 0.05) is 6.04 Å². The van der Waals surface area contributed by atoms with E-state index < -0.39 is 0 Å². The van der Waals surface area contributed by atoms with E-state index in [1.807, 2.05) is 31.4 Å². The van der Waals surface area contributed by atoms with Gasteiger partial charge in [0.1, 0.15) is 0 Å². The molecule has 0 heterocycles. The molecule has 0 aliphatic carbocycles. The highest BCUT2D eigenvalue weighted by molar-refractivity contribution is 7.98. The molecule has 19 heavy (non-hydrogen) atoms. The Bertz CT molecular complexity index is 370. The maximum absolute atomic E-state index is 11.8. The first kappa shape index (κ1) is 16.1. The number of thioether (sulfide) groups is 1. The van der Waals surface area contributed by atoms with Crippen molar-refractivity contribution in [3.05, 3.63) is 35.9 Å². The fourth-order valence-electron chi connectivity index (χ4n) is 1.83. The number of carbonyl (C=O) groups is 1. The molecule has 1 aromatic rings. The first-order valence-corrected chi connectivity index (χ1v) is 8.11. The third-order valence-corrected chi connectivity index (χ3v) is 3.71. The molecule has 1 aromatic carbocycles. The van der Waals surface area contributed by atoms with Gasteiger partial charge in [0.15, 0.2) is 0 Å². The highest BCUT2D eigenvalue weighted by atomic mass is 32.2. The normalized spacial score (nSPS) is 13.8. The van der Waals surface area contributed by atoms with Gasteiger partial charge in [0.05, 0.1) is 6.04 Å². The van der Waals surface area contributed by atoms with Crippen LogP contribution >= 0.6 is 11.8 Å². The number of aryl methyl sites for hydroxylation is 1. The molecule has 0 saturated heterocycles. The van der Waals surface area contributed by atoms with Gasteiger partial charge in [0.25, 0.3) is 0 Å². The Morgan fingerprint density at radius 3 is 2.63 bits per heavy atom. The number of nitrogens with one attached hydrogen (secondary N) is 1. The molecule has 0 spiro atoms. The van der Waals surface area contributed by atoms with Crippen molar-refractivity contribution in [1.82, 2.24) is 5.32 Å². The zero-order valence-corrected chi connectivity index (χ0v) is 12.6. The van der Waals surface area contributed by atoms with Crippen LogP contribution in [0, 0.1) is 0 Å². The van der Waals surface area contributed by atoms with Crippen LogP contribution in [0.25, 0.3) is 0 Å². The Labute approximate surface area is 120 Å². The summed E-state index contributed by atoms with van der Waals surface area (Å²) in [5.74, 6) is 0.891. The van der Waals surface area contributed by atoms with Crippen LogP contribution in [-0.4, -0.2) is 30.0 Å². The van der Waals surface area contributed by atoms with Crippen molar-refractivity contribution < 1.29 is 4.79 Å². The van der Waals surface area contributed by atoms with Gasteiger partial charge in [-0.25, -0.2) is 0 Å². The molecule has 0 saturated carbocycles. The minimum atomic E-state index is -0.383. The number of hydrogen-bond donors (Lipinski definition) is 2. The molecule has 1 rings (SSSR count). The SMILES string of the molecule is CSCC[C@@H](N)C(=O)NC(C)CCc1ccccc1. The van der Waals surface area contributed by atoms with Gasteiger partial charge in [-0.15, -0.1) is 0 Å². The van der Waals surface area contributed by atoms with Crippen LogP contribution in [0.3, 0.4) is 0 Å². The monoisotopic (exact) mass is 280 g/mol. The summed E-state index contributed by atoms with van der Waals surface area (Å²) >= 11 is 1.71. The molecule has 0 aliphatic heterocycles. The second kappa shape index (κ2) is 8.99. The second-order valence-electron chi connectivity index (χ2n) is 4.82. The van der Waals surface area contributed by atoms with Crippen LogP contribution < -0.4 is 11.1 Å². The van der Waals surface area contributed by atoms with Gasteiger partial charge in [-0.1, -0.05) is 30.3 Å². The third kappa shape index (κ3) is 6.64. The van der Waals surface area contributed by atoms with Crippen molar-refractivity contribution in [1.29, 1.82) is 0 Å². The molecular weight excluding hydrogens is 256 g/mol. The van der Waals surface area contributed by atoms with Crippen molar-refractivity contribution in [3.63, 3.8) is 0 Å². The third-order valence-electron chi connectivity index (χ3n) is 3.07. The lowest BCUT2D eigenvalue weighted by Crippen LogP contribution is -2.44. The van der Waals surface area contributed by atoms with Crippen molar-refractivity contribution in [2.75, 3.05) is 12.0 Å². The summed E-state index contributed by atoms with van der Waals surface area (Å²) in [5, 5.41) is 2.99. The van der Waals surface area contributed by atoms with E-state index in [4.69, 9.17) is 5.73 Å². The summed E-state index contributed by atoms with van der Waals surface area (Å²) < 4.78 is 0. The van der Waals surface area contributed by atoms with Gasteiger partial charge in [-0.2, -0.15) is 11.8 Å². The molecule has 2 atom stereocenters. The van der Waals surface area contributed by atoms with Crippen molar-refractivity contribution in [2.24, 2.45) is 5.73 Å². The molecule has 0 aliphatic rings. The lowest BCUT2D eigenvalue weighted by molar-refractivity contribution is -0.123. The first-order chi connectivity index (χ1) is 9.13. The molecule has 1 unspecified atom stereocenters. The molecule has 0 aromatic heterocycles. The summed E-state index contributed by atoms with van der Waals surface area (Å²) in [4.78, 5) is 11.8. The van der Waals surface area contributed by atoms with E-state index in [9.17, 15) is 4.79 Å². The second-order valence-corrected chi connectivity index (χ2v) is 5.81.